The Morgan fingerprint density at radius 1 is 1.56 bits per heavy atom. The van der Waals surface area contributed by atoms with Crippen molar-refractivity contribution in [2.45, 2.75) is 39.5 Å². The first kappa shape index (κ1) is 13.1. The Balaban J connectivity index is 2.13. The molecule has 0 bridgehead atoms. The summed E-state index contributed by atoms with van der Waals surface area (Å²) in [7, 11) is 1.93. The van der Waals surface area contributed by atoms with Crippen LogP contribution in [0.25, 0.3) is 0 Å². The fourth-order valence-electron chi connectivity index (χ4n) is 3.17. The highest BCUT2D eigenvalue weighted by molar-refractivity contribution is 5.70. The molecule has 1 heterocycles. The number of carboxylic acid groups (broad SMARTS) is 1. The zero-order chi connectivity index (χ0) is 13.3. The number of carboxylic acids is 1. The zero-order valence-electron chi connectivity index (χ0n) is 11.4. The number of hydrogen-bond donors (Lipinski definition) is 1. The van der Waals surface area contributed by atoms with Gasteiger partial charge < -0.3 is 5.11 Å². The monoisotopic (exact) mass is 250 g/mol. The van der Waals surface area contributed by atoms with Crippen LogP contribution in [0.15, 0.2) is 6.07 Å². The number of aliphatic carboxylic acids is 1. The molecule has 18 heavy (non-hydrogen) atoms. The van der Waals surface area contributed by atoms with Crippen LogP contribution in [-0.2, 0) is 18.3 Å². The van der Waals surface area contributed by atoms with Crippen LogP contribution in [0.1, 0.15) is 37.6 Å². The first-order valence-electron chi connectivity index (χ1n) is 6.69. The first-order chi connectivity index (χ1) is 8.47. The van der Waals surface area contributed by atoms with Crippen LogP contribution in [0.5, 0.6) is 0 Å². The Kier molecular flexibility index (Phi) is 3.73. The molecule has 0 spiro atoms. The van der Waals surface area contributed by atoms with E-state index in [9.17, 15) is 9.90 Å². The third kappa shape index (κ3) is 2.74. The van der Waals surface area contributed by atoms with Crippen LogP contribution in [0, 0.1) is 24.7 Å². The van der Waals surface area contributed by atoms with Crippen LogP contribution < -0.4 is 0 Å². The SMILES string of the molecule is Cc1cc(CC2CC(C)CCC2C(=O)O)n(C)n1. The Bertz CT molecular complexity index is 439. The van der Waals surface area contributed by atoms with E-state index in [4.69, 9.17) is 0 Å². The second-order valence-electron chi connectivity index (χ2n) is 5.73. The third-order valence-corrected chi connectivity index (χ3v) is 4.13. The van der Waals surface area contributed by atoms with E-state index in [0.29, 0.717) is 5.92 Å². The first-order valence-corrected chi connectivity index (χ1v) is 6.69. The van der Waals surface area contributed by atoms with Gasteiger partial charge in [-0.2, -0.15) is 5.10 Å². The smallest absolute Gasteiger partial charge is 0.306 e. The fraction of sp³-hybridized carbons (Fsp3) is 0.714. The molecule has 1 saturated carbocycles. The van der Waals surface area contributed by atoms with Gasteiger partial charge in [-0.15, -0.1) is 0 Å². The van der Waals surface area contributed by atoms with E-state index in [0.717, 1.165) is 37.1 Å². The predicted octanol–water partition coefficient (Wildman–Crippen LogP) is 2.41. The van der Waals surface area contributed by atoms with Crippen molar-refractivity contribution in [3.05, 3.63) is 17.5 Å². The summed E-state index contributed by atoms with van der Waals surface area (Å²) < 4.78 is 1.88. The molecule has 0 amide bonds. The molecule has 100 valence electrons. The quantitative estimate of drug-likeness (QED) is 0.896. The molecule has 0 saturated heterocycles. The normalized spacial score (nSPS) is 28.3. The number of hydrogen-bond acceptors (Lipinski definition) is 2. The van der Waals surface area contributed by atoms with Crippen LogP contribution in [0.3, 0.4) is 0 Å². The number of rotatable bonds is 3. The van der Waals surface area contributed by atoms with E-state index in [1.54, 1.807) is 0 Å². The molecule has 3 unspecified atom stereocenters. The van der Waals surface area contributed by atoms with Gasteiger partial charge in [0, 0.05) is 12.7 Å². The molecule has 1 aromatic rings. The largest absolute Gasteiger partial charge is 0.481 e. The van der Waals surface area contributed by atoms with Crippen molar-refractivity contribution in [2.75, 3.05) is 0 Å². The molecule has 1 aliphatic carbocycles. The zero-order valence-corrected chi connectivity index (χ0v) is 11.4. The van der Waals surface area contributed by atoms with E-state index >= 15 is 0 Å². The van der Waals surface area contributed by atoms with E-state index in [2.05, 4.69) is 18.1 Å². The van der Waals surface area contributed by atoms with Gasteiger partial charge in [-0.1, -0.05) is 6.92 Å². The van der Waals surface area contributed by atoms with Crippen LogP contribution in [-0.4, -0.2) is 20.9 Å². The lowest BCUT2D eigenvalue weighted by molar-refractivity contribution is -0.145. The summed E-state index contributed by atoms with van der Waals surface area (Å²) >= 11 is 0. The van der Waals surface area contributed by atoms with E-state index < -0.39 is 5.97 Å². The van der Waals surface area contributed by atoms with Crippen molar-refractivity contribution < 1.29 is 9.90 Å². The number of aromatic nitrogens is 2. The highest BCUT2D eigenvalue weighted by atomic mass is 16.4. The predicted molar refractivity (Wildman–Crippen MR) is 69.3 cm³/mol. The average molecular weight is 250 g/mol. The Hall–Kier alpha value is -1.32. The molecule has 0 aromatic carbocycles. The van der Waals surface area contributed by atoms with Crippen LogP contribution in [0.2, 0.25) is 0 Å². The molecule has 1 N–H and O–H groups in total. The van der Waals surface area contributed by atoms with Crippen molar-refractivity contribution >= 4 is 5.97 Å². The molecule has 1 aromatic heterocycles. The summed E-state index contributed by atoms with van der Waals surface area (Å²) in [5.41, 5.74) is 2.15. The average Bonchev–Trinajstić information content (AvgIpc) is 2.57. The van der Waals surface area contributed by atoms with Gasteiger partial charge in [-0.25, -0.2) is 0 Å². The molecular weight excluding hydrogens is 228 g/mol. The van der Waals surface area contributed by atoms with E-state index in [1.807, 2.05) is 18.7 Å². The van der Waals surface area contributed by atoms with E-state index in [1.165, 1.54) is 0 Å². The summed E-state index contributed by atoms with van der Waals surface area (Å²) in [6, 6.07) is 2.07. The van der Waals surface area contributed by atoms with Crippen molar-refractivity contribution in [3.8, 4) is 0 Å². The summed E-state index contributed by atoms with van der Waals surface area (Å²) in [5.74, 6) is 0.0724. The molecule has 3 atom stereocenters. The summed E-state index contributed by atoms with van der Waals surface area (Å²) in [4.78, 5) is 11.3. The standard InChI is InChI=1S/C14H22N2O2/c1-9-4-5-13(14(17)18)11(6-9)8-12-7-10(2)15-16(12)3/h7,9,11,13H,4-6,8H2,1-3H3,(H,17,18). The minimum Gasteiger partial charge on any atom is -0.481 e. The minimum absolute atomic E-state index is 0.184. The maximum atomic E-state index is 11.3. The van der Waals surface area contributed by atoms with Gasteiger partial charge in [-0.3, -0.25) is 9.48 Å². The summed E-state index contributed by atoms with van der Waals surface area (Å²) in [6.07, 6.45) is 3.70. The lowest BCUT2D eigenvalue weighted by Gasteiger charge is -2.32. The highest BCUT2D eigenvalue weighted by Gasteiger charge is 2.34. The Labute approximate surface area is 108 Å². The van der Waals surface area contributed by atoms with Gasteiger partial charge >= 0.3 is 5.97 Å². The van der Waals surface area contributed by atoms with Crippen molar-refractivity contribution in [3.63, 3.8) is 0 Å². The summed E-state index contributed by atoms with van der Waals surface area (Å²) in [5, 5.41) is 13.7. The third-order valence-electron chi connectivity index (χ3n) is 4.13. The highest BCUT2D eigenvalue weighted by Crippen LogP contribution is 2.36. The molecule has 0 radical (unpaired) electrons. The molecule has 4 nitrogen and oxygen atoms in total. The van der Waals surface area contributed by atoms with Crippen LogP contribution >= 0.6 is 0 Å². The van der Waals surface area contributed by atoms with Gasteiger partial charge in [0.2, 0.25) is 0 Å². The van der Waals surface area contributed by atoms with Crippen molar-refractivity contribution in [1.29, 1.82) is 0 Å². The second-order valence-corrected chi connectivity index (χ2v) is 5.73. The lowest BCUT2D eigenvalue weighted by Crippen LogP contribution is -2.31. The fourth-order valence-corrected chi connectivity index (χ4v) is 3.17. The van der Waals surface area contributed by atoms with E-state index in [-0.39, 0.29) is 11.8 Å². The Morgan fingerprint density at radius 3 is 2.83 bits per heavy atom. The number of nitrogens with zero attached hydrogens (tertiary/aromatic N) is 2. The molecule has 0 aliphatic heterocycles. The topological polar surface area (TPSA) is 55.1 Å². The molecule has 1 aliphatic rings. The summed E-state index contributed by atoms with van der Waals surface area (Å²) in [6.45, 7) is 4.20. The van der Waals surface area contributed by atoms with Gasteiger partial charge in [0.1, 0.15) is 0 Å². The maximum Gasteiger partial charge on any atom is 0.306 e. The molecule has 1 fully saturated rings. The molecular formula is C14H22N2O2. The van der Waals surface area contributed by atoms with Gasteiger partial charge in [0.05, 0.1) is 11.6 Å². The molecule has 4 heteroatoms. The second kappa shape index (κ2) is 5.12. The van der Waals surface area contributed by atoms with Gasteiger partial charge in [0.25, 0.3) is 0 Å². The Morgan fingerprint density at radius 2 is 2.28 bits per heavy atom. The van der Waals surface area contributed by atoms with Crippen molar-refractivity contribution in [1.82, 2.24) is 9.78 Å². The number of aryl methyl sites for hydroxylation is 2. The minimum atomic E-state index is -0.634. The maximum absolute atomic E-state index is 11.3. The van der Waals surface area contributed by atoms with Gasteiger partial charge in [-0.05, 0) is 50.5 Å². The number of carbonyl (C=O) groups is 1. The van der Waals surface area contributed by atoms with Crippen LogP contribution in [0.4, 0.5) is 0 Å². The van der Waals surface area contributed by atoms with Gasteiger partial charge in [0.15, 0.2) is 0 Å². The molecule has 2 rings (SSSR count). The lowest BCUT2D eigenvalue weighted by atomic mass is 9.73. The van der Waals surface area contributed by atoms with Crippen molar-refractivity contribution in [2.24, 2.45) is 24.8 Å².